The van der Waals surface area contributed by atoms with Gasteiger partial charge in [0, 0.05) is 21.0 Å². The topological polar surface area (TPSA) is 69.4 Å². The van der Waals surface area contributed by atoms with Crippen molar-refractivity contribution in [3.05, 3.63) is 62.5 Å². The molecular formula is C23H22ClF3N4O2S. The van der Waals surface area contributed by atoms with Crippen LogP contribution in [0.15, 0.2) is 29.3 Å². The van der Waals surface area contributed by atoms with Crippen molar-refractivity contribution >= 4 is 34.6 Å². The number of benzene rings is 1. The van der Waals surface area contributed by atoms with Crippen LogP contribution in [0.25, 0.3) is 5.00 Å². The Morgan fingerprint density at radius 2 is 1.79 bits per heavy atom. The van der Waals surface area contributed by atoms with Crippen molar-refractivity contribution < 1.29 is 22.7 Å². The number of ether oxygens (including phenoxy) is 1. The summed E-state index contributed by atoms with van der Waals surface area (Å²) in [7, 11) is 0. The zero-order valence-electron chi connectivity index (χ0n) is 19.1. The number of aryl methyl sites for hydroxylation is 1. The SMILES string of the molecule is Cc1sc2c(c1C)C(c1ccc(Cl)cc1)=NC(CC(=O)OC(C)(C)C)c1nnc(C(F)(F)F)n1-2. The Labute approximate surface area is 203 Å². The van der Waals surface area contributed by atoms with Crippen LogP contribution in [0.4, 0.5) is 13.2 Å². The van der Waals surface area contributed by atoms with Gasteiger partial charge in [0.15, 0.2) is 5.82 Å². The van der Waals surface area contributed by atoms with Gasteiger partial charge in [-0.05, 0) is 52.3 Å². The van der Waals surface area contributed by atoms with Gasteiger partial charge in [-0.1, -0.05) is 23.7 Å². The smallest absolute Gasteiger partial charge is 0.452 e. The van der Waals surface area contributed by atoms with Gasteiger partial charge in [0.1, 0.15) is 16.6 Å². The van der Waals surface area contributed by atoms with E-state index in [0.29, 0.717) is 26.9 Å². The fourth-order valence-corrected chi connectivity index (χ4v) is 5.02. The van der Waals surface area contributed by atoms with E-state index < -0.39 is 29.6 Å². The normalized spacial score (nSPS) is 15.9. The summed E-state index contributed by atoms with van der Waals surface area (Å²) >= 11 is 7.26. The number of aromatic nitrogens is 3. The van der Waals surface area contributed by atoms with E-state index >= 15 is 0 Å². The van der Waals surface area contributed by atoms with Gasteiger partial charge in [0.25, 0.3) is 0 Å². The summed E-state index contributed by atoms with van der Waals surface area (Å²) in [5.41, 5.74) is 1.69. The third-order valence-electron chi connectivity index (χ3n) is 5.23. The summed E-state index contributed by atoms with van der Waals surface area (Å²) in [6, 6.07) is 5.83. The molecule has 1 unspecified atom stereocenters. The van der Waals surface area contributed by atoms with E-state index in [1.54, 1.807) is 45.0 Å². The Morgan fingerprint density at radius 3 is 2.38 bits per heavy atom. The molecule has 3 heterocycles. The number of aliphatic imine (C=N–C) groups is 1. The summed E-state index contributed by atoms with van der Waals surface area (Å²) in [4.78, 5) is 18.3. The first-order valence-corrected chi connectivity index (χ1v) is 11.6. The second-order valence-corrected chi connectivity index (χ2v) is 10.6. The molecule has 0 aliphatic carbocycles. The average molecular weight is 511 g/mol. The van der Waals surface area contributed by atoms with Crippen LogP contribution in [0, 0.1) is 13.8 Å². The zero-order valence-corrected chi connectivity index (χ0v) is 20.7. The van der Waals surface area contributed by atoms with Crippen molar-refractivity contribution in [2.75, 3.05) is 0 Å². The molecule has 0 bridgehead atoms. The van der Waals surface area contributed by atoms with Crippen molar-refractivity contribution in [2.45, 2.75) is 58.9 Å². The molecular weight excluding hydrogens is 489 g/mol. The Balaban J connectivity index is 1.98. The van der Waals surface area contributed by atoms with Crippen LogP contribution in [-0.4, -0.2) is 32.0 Å². The van der Waals surface area contributed by atoms with Crippen LogP contribution < -0.4 is 0 Å². The molecule has 1 aliphatic rings. The second-order valence-electron chi connectivity index (χ2n) is 8.97. The summed E-state index contributed by atoms with van der Waals surface area (Å²) in [6.45, 7) is 8.82. The maximum atomic E-state index is 14.0. The fourth-order valence-electron chi connectivity index (χ4n) is 3.72. The van der Waals surface area contributed by atoms with Crippen LogP contribution in [0.2, 0.25) is 5.02 Å². The van der Waals surface area contributed by atoms with Crippen molar-refractivity contribution in [2.24, 2.45) is 4.99 Å². The molecule has 1 aliphatic heterocycles. The Morgan fingerprint density at radius 1 is 1.15 bits per heavy atom. The maximum absolute atomic E-state index is 14.0. The van der Waals surface area contributed by atoms with E-state index in [-0.39, 0.29) is 12.2 Å². The van der Waals surface area contributed by atoms with Crippen molar-refractivity contribution in [3.8, 4) is 5.00 Å². The molecule has 0 radical (unpaired) electrons. The molecule has 1 aromatic carbocycles. The van der Waals surface area contributed by atoms with E-state index in [0.717, 1.165) is 15.0 Å². The summed E-state index contributed by atoms with van der Waals surface area (Å²) in [5.74, 6) is -1.82. The Hall–Kier alpha value is -2.72. The van der Waals surface area contributed by atoms with Crippen LogP contribution in [-0.2, 0) is 15.7 Å². The van der Waals surface area contributed by atoms with E-state index in [9.17, 15) is 18.0 Å². The second kappa shape index (κ2) is 8.49. The molecule has 0 fully saturated rings. The van der Waals surface area contributed by atoms with Crippen LogP contribution in [0.1, 0.15) is 66.5 Å². The molecule has 4 rings (SSSR count). The van der Waals surface area contributed by atoms with Crippen LogP contribution in [0.5, 0.6) is 0 Å². The van der Waals surface area contributed by atoms with Crippen molar-refractivity contribution in [1.29, 1.82) is 0 Å². The monoisotopic (exact) mass is 510 g/mol. The molecule has 0 saturated heterocycles. The Bertz CT molecular complexity index is 1290. The van der Waals surface area contributed by atoms with Crippen LogP contribution >= 0.6 is 22.9 Å². The minimum atomic E-state index is -4.75. The van der Waals surface area contributed by atoms with Gasteiger partial charge in [0.2, 0.25) is 5.82 Å². The van der Waals surface area contributed by atoms with E-state index in [1.165, 1.54) is 11.3 Å². The summed E-state index contributed by atoms with van der Waals surface area (Å²) in [6.07, 6.45) is -5.05. The lowest BCUT2D eigenvalue weighted by atomic mass is 9.99. The number of fused-ring (bicyclic) bond motifs is 3. The van der Waals surface area contributed by atoms with Crippen molar-refractivity contribution in [1.82, 2.24) is 14.8 Å². The lowest BCUT2D eigenvalue weighted by molar-refractivity contribution is -0.155. The Kier molecular flexibility index (Phi) is 6.10. The van der Waals surface area contributed by atoms with E-state index in [1.807, 2.05) is 13.8 Å². The quantitative estimate of drug-likeness (QED) is 0.391. The number of carbonyl (C=O) groups is 1. The highest BCUT2D eigenvalue weighted by Crippen LogP contribution is 2.42. The highest BCUT2D eigenvalue weighted by Gasteiger charge is 2.43. The third-order valence-corrected chi connectivity index (χ3v) is 6.67. The molecule has 3 aromatic rings. The molecule has 0 saturated carbocycles. The lowest BCUT2D eigenvalue weighted by Gasteiger charge is -2.21. The predicted octanol–water partition coefficient (Wildman–Crippen LogP) is 6.24. The average Bonchev–Trinajstić information content (AvgIpc) is 3.23. The van der Waals surface area contributed by atoms with Gasteiger partial charge in [0.05, 0.1) is 12.1 Å². The highest BCUT2D eigenvalue weighted by atomic mass is 35.5. The van der Waals surface area contributed by atoms with Crippen LogP contribution in [0.3, 0.4) is 0 Å². The van der Waals surface area contributed by atoms with Crippen molar-refractivity contribution in [3.63, 3.8) is 0 Å². The minimum Gasteiger partial charge on any atom is -0.460 e. The molecule has 0 spiro atoms. The predicted molar refractivity (Wildman–Crippen MR) is 124 cm³/mol. The zero-order chi connectivity index (χ0) is 25.0. The lowest BCUT2D eigenvalue weighted by Crippen LogP contribution is -2.25. The van der Waals surface area contributed by atoms with Gasteiger partial charge in [-0.15, -0.1) is 21.5 Å². The van der Waals surface area contributed by atoms with Gasteiger partial charge in [-0.3, -0.25) is 14.4 Å². The van der Waals surface area contributed by atoms with Gasteiger partial charge >= 0.3 is 12.1 Å². The molecule has 0 amide bonds. The number of carbonyl (C=O) groups excluding carboxylic acids is 1. The molecule has 0 N–H and O–H groups in total. The van der Waals surface area contributed by atoms with E-state index in [2.05, 4.69) is 10.2 Å². The summed E-state index contributed by atoms with van der Waals surface area (Å²) in [5, 5.41) is 8.12. The molecule has 11 heteroatoms. The molecule has 34 heavy (non-hydrogen) atoms. The molecule has 180 valence electrons. The largest absolute Gasteiger partial charge is 0.460 e. The van der Waals surface area contributed by atoms with Gasteiger partial charge in [-0.25, -0.2) is 0 Å². The van der Waals surface area contributed by atoms with Gasteiger partial charge < -0.3 is 4.74 Å². The maximum Gasteiger partial charge on any atom is 0.452 e. The minimum absolute atomic E-state index is 0.0651. The number of halogens is 4. The fraction of sp³-hybridized carbons (Fsp3) is 0.391. The molecule has 6 nitrogen and oxygen atoms in total. The first-order chi connectivity index (χ1) is 15.8. The molecule has 1 atom stereocenters. The highest BCUT2D eigenvalue weighted by molar-refractivity contribution is 7.15. The number of hydrogen-bond donors (Lipinski definition) is 0. The van der Waals surface area contributed by atoms with Gasteiger partial charge in [-0.2, -0.15) is 13.2 Å². The van der Waals surface area contributed by atoms with E-state index in [4.69, 9.17) is 21.3 Å². The molecule has 2 aromatic heterocycles. The standard InChI is InChI=1S/C23H22ClF3N4O2S/c1-11-12(2)34-20-17(11)18(13-6-8-14(24)9-7-13)28-15(10-16(32)33-22(3,4)5)19-29-30-21(31(19)20)23(25,26)27/h6-9,15H,10H2,1-5H3. The number of hydrogen-bond acceptors (Lipinski definition) is 6. The first kappa shape index (κ1) is 24.4. The number of alkyl halides is 3. The first-order valence-electron chi connectivity index (χ1n) is 10.4. The number of thiophene rings is 1. The number of rotatable bonds is 3. The number of nitrogens with zero attached hydrogens (tertiary/aromatic N) is 4. The number of esters is 1. The third kappa shape index (κ3) is 4.61. The summed E-state index contributed by atoms with van der Waals surface area (Å²) < 4.78 is 48.3.